The second kappa shape index (κ2) is 8.67. The summed E-state index contributed by atoms with van der Waals surface area (Å²) >= 11 is 1.91. The highest BCUT2D eigenvalue weighted by molar-refractivity contribution is 7.19. The van der Waals surface area contributed by atoms with Crippen LogP contribution in [0.4, 0.5) is 0 Å². The summed E-state index contributed by atoms with van der Waals surface area (Å²) in [4.78, 5) is 4.03. The highest BCUT2D eigenvalue weighted by atomic mass is 32.1. The zero-order valence-electron chi connectivity index (χ0n) is 18.8. The molecule has 2 aliphatic heterocycles. The van der Waals surface area contributed by atoms with Crippen LogP contribution in [0.3, 0.4) is 0 Å². The second-order valence-electron chi connectivity index (χ2n) is 9.36. The lowest BCUT2D eigenvalue weighted by atomic mass is 9.89. The smallest absolute Gasteiger partial charge is 0.137 e. The van der Waals surface area contributed by atoms with Crippen LogP contribution in [0.2, 0.25) is 0 Å². The van der Waals surface area contributed by atoms with E-state index in [4.69, 9.17) is 13.9 Å². The Balaban J connectivity index is 1.09. The summed E-state index contributed by atoms with van der Waals surface area (Å²) in [6, 6.07) is 17.5. The molecule has 172 valence electrons. The number of methoxy groups -OCH3 is 1. The largest absolute Gasteiger partial charge is 0.497 e. The van der Waals surface area contributed by atoms with Gasteiger partial charge in [0.1, 0.15) is 29.8 Å². The Morgan fingerprint density at radius 1 is 1.12 bits per heavy atom. The lowest BCUT2D eigenvalue weighted by Crippen LogP contribution is -2.47. The third kappa shape index (κ3) is 4.01. The number of thiophene rings is 1. The molecule has 1 N–H and O–H groups in total. The Morgan fingerprint density at radius 2 is 1.97 bits per heavy atom. The van der Waals surface area contributed by atoms with E-state index in [0.29, 0.717) is 31.2 Å². The summed E-state index contributed by atoms with van der Waals surface area (Å²) in [5, 5.41) is 13.0. The van der Waals surface area contributed by atoms with E-state index in [2.05, 4.69) is 23.1 Å². The fourth-order valence-corrected chi connectivity index (χ4v) is 6.96. The maximum absolute atomic E-state index is 10.8. The Kier molecular flexibility index (Phi) is 5.52. The first-order valence-corrected chi connectivity index (χ1v) is 12.6. The molecule has 6 rings (SSSR count). The minimum atomic E-state index is -0.511. The van der Waals surface area contributed by atoms with E-state index < -0.39 is 6.10 Å². The van der Waals surface area contributed by atoms with E-state index in [0.717, 1.165) is 22.5 Å². The van der Waals surface area contributed by atoms with Gasteiger partial charge < -0.3 is 19.0 Å². The second-order valence-corrected chi connectivity index (χ2v) is 10.5. The van der Waals surface area contributed by atoms with Gasteiger partial charge in [0, 0.05) is 28.2 Å². The van der Waals surface area contributed by atoms with Crippen LogP contribution in [-0.4, -0.2) is 48.5 Å². The molecule has 2 aromatic carbocycles. The molecule has 0 saturated carbocycles. The van der Waals surface area contributed by atoms with Crippen molar-refractivity contribution >= 4 is 32.4 Å². The fourth-order valence-electron chi connectivity index (χ4n) is 5.74. The summed E-state index contributed by atoms with van der Waals surface area (Å²) in [5.41, 5.74) is 0.807. The summed E-state index contributed by atoms with van der Waals surface area (Å²) in [6.45, 7) is 0.967. The van der Waals surface area contributed by atoms with Gasteiger partial charge in [0.15, 0.2) is 0 Å². The lowest BCUT2D eigenvalue weighted by Gasteiger charge is -2.39. The molecule has 2 bridgehead atoms. The van der Waals surface area contributed by atoms with E-state index in [9.17, 15) is 5.11 Å². The topological polar surface area (TPSA) is 55.1 Å². The van der Waals surface area contributed by atoms with E-state index in [1.165, 1.54) is 40.6 Å². The molecule has 2 aromatic heterocycles. The first-order valence-electron chi connectivity index (χ1n) is 11.8. The van der Waals surface area contributed by atoms with Crippen LogP contribution in [-0.2, 0) is 0 Å². The third-order valence-corrected chi connectivity index (χ3v) is 8.60. The summed E-state index contributed by atoms with van der Waals surface area (Å²) in [5.74, 6) is 2.30. The Morgan fingerprint density at radius 3 is 2.79 bits per heavy atom. The van der Waals surface area contributed by atoms with Gasteiger partial charge in [-0.1, -0.05) is 6.07 Å². The fraction of sp³-hybridized carbons (Fsp3) is 0.407. The predicted octanol–water partition coefficient (Wildman–Crippen LogP) is 5.81. The van der Waals surface area contributed by atoms with Gasteiger partial charge >= 0.3 is 0 Å². The van der Waals surface area contributed by atoms with Gasteiger partial charge in [-0.05, 0) is 79.5 Å². The highest BCUT2D eigenvalue weighted by Gasteiger charge is 2.42. The molecule has 5 nitrogen and oxygen atoms in total. The van der Waals surface area contributed by atoms with Crippen LogP contribution in [0.1, 0.15) is 36.5 Å². The maximum Gasteiger partial charge on any atom is 0.137 e. The summed E-state index contributed by atoms with van der Waals surface area (Å²) in [6.07, 6.45) is 5.94. The van der Waals surface area contributed by atoms with Gasteiger partial charge in [0.2, 0.25) is 0 Å². The summed E-state index contributed by atoms with van der Waals surface area (Å²) in [7, 11) is 1.72. The van der Waals surface area contributed by atoms with Crippen molar-refractivity contribution in [1.82, 2.24) is 4.90 Å². The standard InChI is InChI=1S/C27H29NO4S/c1-30-22-8-5-17-13-26(33-27(17)14-22)18-11-19-6-7-20(12-18)28(19)15-21(29)16-32-25-4-2-3-24-23(25)9-10-31-24/h2-5,8-10,13-14,18-21,29H,6-7,11-12,15-16H2,1H3/t18?,19?,20?,21-/m0/s1. The third-order valence-electron chi connectivity index (χ3n) is 7.34. The number of fused-ring (bicyclic) bond motifs is 4. The monoisotopic (exact) mass is 463 g/mol. The Labute approximate surface area is 197 Å². The molecule has 0 aliphatic carbocycles. The van der Waals surface area contributed by atoms with Crippen LogP contribution in [0.5, 0.6) is 11.5 Å². The first kappa shape index (κ1) is 21.0. The minimum absolute atomic E-state index is 0.293. The van der Waals surface area contributed by atoms with Crippen molar-refractivity contribution in [2.45, 2.75) is 49.8 Å². The van der Waals surface area contributed by atoms with Crippen molar-refractivity contribution in [3.05, 3.63) is 59.7 Å². The minimum Gasteiger partial charge on any atom is -0.497 e. The Bertz CT molecular complexity index is 1250. The average molecular weight is 464 g/mol. The van der Waals surface area contributed by atoms with E-state index in [-0.39, 0.29) is 0 Å². The average Bonchev–Trinajstić information content (AvgIpc) is 3.53. The number of hydrogen-bond donors (Lipinski definition) is 1. The molecular weight excluding hydrogens is 434 g/mol. The van der Waals surface area contributed by atoms with Crippen molar-refractivity contribution < 1.29 is 19.0 Å². The number of aliphatic hydroxyl groups excluding tert-OH is 1. The Hall–Kier alpha value is -2.54. The number of nitrogens with zero attached hydrogens (tertiary/aromatic N) is 1. The molecule has 4 heterocycles. The number of aliphatic hydroxyl groups is 1. The van der Waals surface area contributed by atoms with Crippen LogP contribution in [0.25, 0.3) is 21.1 Å². The highest BCUT2D eigenvalue weighted by Crippen LogP contribution is 2.46. The SMILES string of the molecule is COc1ccc2cc(C3CC4CCC(C3)N4C[C@H](O)COc3cccc4occc34)sc2c1. The van der Waals surface area contributed by atoms with E-state index in [1.54, 1.807) is 13.4 Å². The number of ether oxygens (including phenoxy) is 2. The molecule has 0 amide bonds. The first-order chi connectivity index (χ1) is 16.2. The normalized spacial score (nSPS) is 23.9. The molecule has 0 spiro atoms. The van der Waals surface area contributed by atoms with Crippen molar-refractivity contribution in [2.24, 2.45) is 0 Å². The molecule has 33 heavy (non-hydrogen) atoms. The molecule has 3 atom stereocenters. The van der Waals surface area contributed by atoms with Gasteiger partial charge in [-0.15, -0.1) is 11.3 Å². The molecule has 2 aliphatic rings. The number of rotatable bonds is 7. The molecule has 4 aromatic rings. The zero-order valence-corrected chi connectivity index (χ0v) is 19.6. The molecule has 0 radical (unpaired) electrons. The quantitative estimate of drug-likeness (QED) is 0.375. The number of hydrogen-bond acceptors (Lipinski definition) is 6. The van der Waals surface area contributed by atoms with Crippen LogP contribution >= 0.6 is 11.3 Å². The predicted molar refractivity (Wildman–Crippen MR) is 132 cm³/mol. The molecule has 2 fully saturated rings. The van der Waals surface area contributed by atoms with Crippen LogP contribution in [0, 0.1) is 0 Å². The zero-order chi connectivity index (χ0) is 22.4. The van der Waals surface area contributed by atoms with E-state index >= 15 is 0 Å². The summed E-state index contributed by atoms with van der Waals surface area (Å²) < 4.78 is 18.1. The van der Waals surface area contributed by atoms with Crippen molar-refractivity contribution in [3.63, 3.8) is 0 Å². The molecule has 2 saturated heterocycles. The van der Waals surface area contributed by atoms with Crippen molar-refractivity contribution in [2.75, 3.05) is 20.3 Å². The van der Waals surface area contributed by atoms with Crippen LogP contribution < -0.4 is 9.47 Å². The number of piperidine rings is 1. The van der Waals surface area contributed by atoms with E-state index in [1.807, 2.05) is 41.7 Å². The molecule has 6 heteroatoms. The van der Waals surface area contributed by atoms with Gasteiger partial charge in [-0.25, -0.2) is 0 Å². The number of furan rings is 1. The molecular formula is C27H29NO4S. The lowest BCUT2D eigenvalue weighted by molar-refractivity contribution is 0.0323. The van der Waals surface area contributed by atoms with Crippen LogP contribution in [0.15, 0.2) is 59.2 Å². The van der Waals surface area contributed by atoms with Gasteiger partial charge in [-0.2, -0.15) is 0 Å². The molecule has 2 unspecified atom stereocenters. The number of benzene rings is 2. The van der Waals surface area contributed by atoms with Gasteiger partial charge in [0.25, 0.3) is 0 Å². The van der Waals surface area contributed by atoms with Gasteiger partial charge in [0.05, 0.1) is 18.8 Å². The van der Waals surface area contributed by atoms with Crippen molar-refractivity contribution in [1.29, 1.82) is 0 Å². The van der Waals surface area contributed by atoms with Crippen molar-refractivity contribution in [3.8, 4) is 11.5 Å². The maximum atomic E-state index is 10.8. The van der Waals surface area contributed by atoms with Gasteiger partial charge in [-0.3, -0.25) is 4.90 Å².